The summed E-state index contributed by atoms with van der Waals surface area (Å²) in [5.74, 6) is -0.519. The van der Waals surface area contributed by atoms with Gasteiger partial charge < -0.3 is 18.6 Å². The molecule has 0 radical (unpaired) electrons. The fraction of sp³-hybridized carbons (Fsp3) is 0.320. The summed E-state index contributed by atoms with van der Waals surface area (Å²) in [4.78, 5) is 35.9. The topological polar surface area (TPSA) is 92.0 Å². The molecule has 0 N–H and O–H groups in total. The van der Waals surface area contributed by atoms with Crippen LogP contribution >= 0.6 is 0 Å². The molecule has 0 aliphatic heterocycles. The number of esters is 2. The minimum atomic E-state index is -0.537. The lowest BCUT2D eigenvalue weighted by Crippen LogP contribution is -2.16. The van der Waals surface area contributed by atoms with Crippen molar-refractivity contribution in [3.05, 3.63) is 75.6 Å². The third-order valence-electron chi connectivity index (χ3n) is 4.69. The Morgan fingerprint density at radius 1 is 1.03 bits per heavy atom. The van der Waals surface area contributed by atoms with Gasteiger partial charge in [0, 0.05) is 23.9 Å². The van der Waals surface area contributed by atoms with Crippen molar-refractivity contribution in [1.82, 2.24) is 0 Å². The van der Waals surface area contributed by atoms with E-state index in [1.807, 2.05) is 30.3 Å². The average molecular weight is 438 g/mol. The van der Waals surface area contributed by atoms with Crippen molar-refractivity contribution in [3.8, 4) is 5.75 Å². The molecular weight excluding hydrogens is 412 g/mol. The number of ether oxygens (including phenoxy) is 3. The van der Waals surface area contributed by atoms with E-state index >= 15 is 0 Å². The van der Waals surface area contributed by atoms with E-state index in [4.69, 9.17) is 18.6 Å². The van der Waals surface area contributed by atoms with Crippen LogP contribution in [0.4, 0.5) is 0 Å². The molecule has 0 saturated carbocycles. The van der Waals surface area contributed by atoms with Gasteiger partial charge in [-0.25, -0.2) is 9.59 Å². The fourth-order valence-corrected chi connectivity index (χ4v) is 3.20. The maximum absolute atomic E-state index is 12.2. The molecule has 0 aliphatic carbocycles. The van der Waals surface area contributed by atoms with Gasteiger partial charge in [-0.3, -0.25) is 4.79 Å². The van der Waals surface area contributed by atoms with Crippen LogP contribution in [0.25, 0.3) is 11.0 Å². The zero-order valence-electron chi connectivity index (χ0n) is 18.4. The van der Waals surface area contributed by atoms with Crippen LogP contribution in [0.5, 0.6) is 5.75 Å². The van der Waals surface area contributed by atoms with E-state index in [0.717, 1.165) is 16.5 Å². The third kappa shape index (κ3) is 6.44. The highest BCUT2D eigenvalue weighted by atomic mass is 16.6. The summed E-state index contributed by atoms with van der Waals surface area (Å²) in [6.07, 6.45) is 0.286. The molecule has 0 aliphatic rings. The quantitative estimate of drug-likeness (QED) is 0.367. The first kappa shape index (κ1) is 23.1. The summed E-state index contributed by atoms with van der Waals surface area (Å²) in [5.41, 5.74) is 2.18. The van der Waals surface area contributed by atoms with E-state index in [-0.39, 0.29) is 31.7 Å². The monoisotopic (exact) mass is 438 g/mol. The highest BCUT2D eigenvalue weighted by Gasteiger charge is 2.15. The van der Waals surface area contributed by atoms with Crippen molar-refractivity contribution in [2.45, 2.75) is 46.3 Å². The molecular formula is C25H26O7. The van der Waals surface area contributed by atoms with Crippen molar-refractivity contribution in [1.29, 1.82) is 0 Å². The van der Waals surface area contributed by atoms with Gasteiger partial charge in [0.05, 0.1) is 6.10 Å². The third-order valence-corrected chi connectivity index (χ3v) is 4.69. The SMILES string of the molecule is Cc1cc(=O)oc2cc(OCC(=O)OCc3ccccc3)c(CCC(=O)OC(C)C)cc12. The van der Waals surface area contributed by atoms with Gasteiger partial charge in [0.25, 0.3) is 0 Å². The predicted octanol–water partition coefficient (Wildman–Crippen LogP) is 4.11. The number of hydrogen-bond donors (Lipinski definition) is 0. The average Bonchev–Trinajstić information content (AvgIpc) is 2.75. The lowest BCUT2D eigenvalue weighted by molar-refractivity contribution is -0.148. The number of carbonyl (C=O) groups excluding carboxylic acids is 2. The van der Waals surface area contributed by atoms with Gasteiger partial charge in [-0.15, -0.1) is 0 Å². The molecule has 7 heteroatoms. The van der Waals surface area contributed by atoms with Gasteiger partial charge >= 0.3 is 17.6 Å². The van der Waals surface area contributed by atoms with Crippen molar-refractivity contribution in [2.24, 2.45) is 0 Å². The van der Waals surface area contributed by atoms with Gasteiger partial charge in [0.2, 0.25) is 0 Å². The highest BCUT2D eigenvalue weighted by Crippen LogP contribution is 2.28. The van der Waals surface area contributed by atoms with Crippen molar-refractivity contribution < 1.29 is 28.2 Å². The lowest BCUT2D eigenvalue weighted by Gasteiger charge is -2.14. The molecule has 0 atom stereocenters. The second-order valence-corrected chi connectivity index (χ2v) is 7.68. The summed E-state index contributed by atoms with van der Waals surface area (Å²) >= 11 is 0. The van der Waals surface area contributed by atoms with E-state index in [2.05, 4.69) is 0 Å². The highest BCUT2D eigenvalue weighted by molar-refractivity contribution is 5.83. The second kappa shape index (κ2) is 10.6. The molecule has 1 aromatic heterocycles. The zero-order chi connectivity index (χ0) is 23.1. The molecule has 0 saturated heterocycles. The van der Waals surface area contributed by atoms with Gasteiger partial charge in [-0.2, -0.15) is 0 Å². The summed E-state index contributed by atoms with van der Waals surface area (Å²) in [5, 5.41) is 0.732. The summed E-state index contributed by atoms with van der Waals surface area (Å²) in [6, 6.07) is 14.1. The molecule has 0 bridgehead atoms. The molecule has 32 heavy (non-hydrogen) atoms. The normalized spacial score (nSPS) is 10.9. The van der Waals surface area contributed by atoms with E-state index in [1.165, 1.54) is 6.07 Å². The maximum atomic E-state index is 12.2. The van der Waals surface area contributed by atoms with Crippen LogP contribution < -0.4 is 10.4 Å². The number of benzene rings is 2. The standard InChI is InChI=1S/C25H26O7/c1-16(2)31-23(26)10-9-19-12-20-17(3)11-24(27)32-22(20)13-21(19)29-15-25(28)30-14-18-7-5-4-6-8-18/h4-8,11-13,16H,9-10,14-15H2,1-3H3. The second-order valence-electron chi connectivity index (χ2n) is 7.68. The van der Waals surface area contributed by atoms with Crippen LogP contribution in [-0.2, 0) is 32.1 Å². The number of aryl methyl sites for hydroxylation is 2. The van der Waals surface area contributed by atoms with Gasteiger partial charge in [-0.1, -0.05) is 30.3 Å². The maximum Gasteiger partial charge on any atom is 0.344 e. The Labute approximate surface area is 185 Å². The number of rotatable bonds is 9. The van der Waals surface area contributed by atoms with Crippen LogP contribution in [0.1, 0.15) is 37.0 Å². The minimum Gasteiger partial charge on any atom is -0.481 e. The first-order valence-electron chi connectivity index (χ1n) is 10.4. The number of hydrogen-bond acceptors (Lipinski definition) is 7. The predicted molar refractivity (Wildman–Crippen MR) is 119 cm³/mol. The van der Waals surface area contributed by atoms with Gasteiger partial charge in [-0.05, 0) is 49.9 Å². The van der Waals surface area contributed by atoms with Gasteiger partial charge in [0.1, 0.15) is 17.9 Å². The Balaban J connectivity index is 1.75. The molecule has 0 fully saturated rings. The molecule has 0 spiro atoms. The van der Waals surface area contributed by atoms with Crippen molar-refractivity contribution in [2.75, 3.05) is 6.61 Å². The summed E-state index contributed by atoms with van der Waals surface area (Å²) in [7, 11) is 0. The molecule has 0 unspecified atom stereocenters. The van der Waals surface area contributed by atoms with Crippen molar-refractivity contribution in [3.63, 3.8) is 0 Å². The van der Waals surface area contributed by atoms with Gasteiger partial charge in [0.15, 0.2) is 6.61 Å². The Hall–Kier alpha value is -3.61. The first-order valence-corrected chi connectivity index (χ1v) is 10.4. The van der Waals surface area contributed by atoms with Crippen molar-refractivity contribution >= 4 is 22.9 Å². The summed E-state index contributed by atoms with van der Waals surface area (Å²) in [6.45, 7) is 5.20. The van der Waals surface area contributed by atoms with E-state index in [1.54, 1.807) is 32.9 Å². The molecule has 2 aromatic carbocycles. The van der Waals surface area contributed by atoms with E-state index in [9.17, 15) is 14.4 Å². The van der Waals surface area contributed by atoms with Crippen LogP contribution in [-0.4, -0.2) is 24.6 Å². The molecule has 3 rings (SSSR count). The molecule has 3 aromatic rings. The Bertz CT molecular complexity index is 1150. The van der Waals surface area contributed by atoms with E-state index in [0.29, 0.717) is 23.3 Å². The van der Waals surface area contributed by atoms with Crippen LogP contribution in [0.2, 0.25) is 0 Å². The Morgan fingerprint density at radius 3 is 2.50 bits per heavy atom. The number of carbonyl (C=O) groups is 2. The number of fused-ring (bicyclic) bond motifs is 1. The first-order chi connectivity index (χ1) is 15.3. The van der Waals surface area contributed by atoms with E-state index < -0.39 is 11.6 Å². The molecule has 1 heterocycles. The molecule has 168 valence electrons. The Morgan fingerprint density at radius 2 is 1.78 bits per heavy atom. The molecule has 0 amide bonds. The summed E-state index contributed by atoms with van der Waals surface area (Å²) < 4.78 is 21.4. The minimum absolute atomic E-state index is 0.142. The zero-order valence-corrected chi connectivity index (χ0v) is 18.4. The largest absolute Gasteiger partial charge is 0.481 e. The Kier molecular flexibility index (Phi) is 7.65. The van der Waals surface area contributed by atoms with Crippen LogP contribution in [0.3, 0.4) is 0 Å². The molecule has 7 nitrogen and oxygen atoms in total. The fourth-order valence-electron chi connectivity index (χ4n) is 3.20. The van der Waals surface area contributed by atoms with Crippen LogP contribution in [0.15, 0.2) is 57.7 Å². The lowest BCUT2D eigenvalue weighted by atomic mass is 10.0. The smallest absolute Gasteiger partial charge is 0.344 e. The van der Waals surface area contributed by atoms with Crippen LogP contribution in [0, 0.1) is 6.92 Å².